The van der Waals surface area contributed by atoms with Gasteiger partial charge in [0.2, 0.25) is 11.8 Å². The van der Waals surface area contributed by atoms with Crippen LogP contribution in [-0.2, 0) is 32.1 Å². The molecule has 0 saturated heterocycles. The summed E-state index contributed by atoms with van der Waals surface area (Å²) in [5.41, 5.74) is 7.02. The number of hydrogen-bond acceptors (Lipinski definition) is 5. The van der Waals surface area contributed by atoms with Crippen molar-refractivity contribution in [2.24, 2.45) is 5.73 Å². The molecule has 0 aliphatic rings. The van der Waals surface area contributed by atoms with Crippen LogP contribution in [0.1, 0.15) is 37.3 Å². The van der Waals surface area contributed by atoms with E-state index in [4.69, 9.17) is 10.5 Å². The first-order chi connectivity index (χ1) is 15.4. The van der Waals surface area contributed by atoms with Gasteiger partial charge in [-0.1, -0.05) is 67.6 Å². The van der Waals surface area contributed by atoms with Gasteiger partial charge in [-0.2, -0.15) is 0 Å². The number of primary amides is 1. The normalized spacial score (nSPS) is 12.3. The molecule has 0 saturated carbocycles. The lowest BCUT2D eigenvalue weighted by atomic mass is 10.0. The number of hydrogen-bond donors (Lipinski definition) is 3. The molecular formula is C24H29N3O5. The maximum absolute atomic E-state index is 12.9. The number of nitrogens with one attached hydrogen (secondary N) is 2. The molecule has 2 aromatic carbocycles. The van der Waals surface area contributed by atoms with Crippen LogP contribution in [0.2, 0.25) is 0 Å². The van der Waals surface area contributed by atoms with Crippen molar-refractivity contribution in [3.8, 4) is 0 Å². The predicted molar refractivity (Wildman–Crippen MR) is 119 cm³/mol. The highest BCUT2D eigenvalue weighted by molar-refractivity contribution is 5.91. The number of ether oxygens (including phenoxy) is 1. The summed E-state index contributed by atoms with van der Waals surface area (Å²) in [7, 11) is 0. The molecule has 0 bridgehead atoms. The van der Waals surface area contributed by atoms with Crippen LogP contribution in [0.15, 0.2) is 60.7 Å². The van der Waals surface area contributed by atoms with Crippen molar-refractivity contribution in [3.63, 3.8) is 0 Å². The maximum atomic E-state index is 12.9. The standard InChI is InChI=1S/C24H29N3O5/c1-2-19(28)13-14-20(22(25)29)26-23(30)21(15-17-9-5-3-6-10-17)27-24(31)32-16-18-11-7-4-8-12-18/h3-12,20-21H,2,13-16H2,1H3,(H2,25,29)(H,26,30)(H,27,31)/t20-,21-/m0/s1. The first-order valence-corrected chi connectivity index (χ1v) is 10.5. The topological polar surface area (TPSA) is 128 Å². The fourth-order valence-electron chi connectivity index (χ4n) is 3.01. The zero-order valence-electron chi connectivity index (χ0n) is 18.1. The van der Waals surface area contributed by atoms with Gasteiger partial charge in [0.05, 0.1) is 0 Å². The van der Waals surface area contributed by atoms with Crippen LogP contribution in [-0.4, -0.2) is 35.8 Å². The maximum Gasteiger partial charge on any atom is 0.408 e. The summed E-state index contributed by atoms with van der Waals surface area (Å²) in [6.45, 7) is 1.77. The van der Waals surface area contributed by atoms with Crippen LogP contribution in [0.25, 0.3) is 0 Å². The van der Waals surface area contributed by atoms with Crippen molar-refractivity contribution in [1.82, 2.24) is 10.6 Å². The fourth-order valence-corrected chi connectivity index (χ4v) is 3.01. The van der Waals surface area contributed by atoms with Crippen molar-refractivity contribution in [3.05, 3.63) is 71.8 Å². The largest absolute Gasteiger partial charge is 0.445 e. The zero-order valence-corrected chi connectivity index (χ0v) is 18.1. The molecule has 170 valence electrons. The van der Waals surface area contributed by atoms with Crippen LogP contribution in [0, 0.1) is 0 Å². The Hall–Kier alpha value is -3.68. The molecule has 0 heterocycles. The monoisotopic (exact) mass is 439 g/mol. The van der Waals surface area contributed by atoms with Gasteiger partial charge < -0.3 is 21.1 Å². The molecule has 0 spiro atoms. The Morgan fingerprint density at radius 3 is 2.03 bits per heavy atom. The summed E-state index contributed by atoms with van der Waals surface area (Å²) < 4.78 is 5.23. The number of alkyl carbamates (subject to hydrolysis) is 1. The zero-order chi connectivity index (χ0) is 23.3. The third kappa shape index (κ3) is 8.59. The molecule has 0 aliphatic carbocycles. The Labute approximate surface area is 187 Å². The molecule has 2 aromatic rings. The predicted octanol–water partition coefficient (Wildman–Crippen LogP) is 2.25. The van der Waals surface area contributed by atoms with Crippen LogP contribution < -0.4 is 16.4 Å². The first-order valence-electron chi connectivity index (χ1n) is 10.5. The molecule has 4 N–H and O–H groups in total. The second kappa shape index (κ2) is 12.9. The minimum Gasteiger partial charge on any atom is -0.445 e. The number of Topliss-reactive ketones (excluding diaryl/α,β-unsaturated/α-hetero) is 1. The SMILES string of the molecule is CCC(=O)CC[C@H](NC(=O)[C@H](Cc1ccccc1)NC(=O)OCc1ccccc1)C(N)=O. The molecule has 0 aromatic heterocycles. The highest BCUT2D eigenvalue weighted by Crippen LogP contribution is 2.07. The van der Waals surface area contributed by atoms with E-state index in [9.17, 15) is 19.2 Å². The summed E-state index contributed by atoms with van der Waals surface area (Å²) in [5, 5.41) is 5.12. The fraction of sp³-hybridized carbons (Fsp3) is 0.333. The summed E-state index contributed by atoms with van der Waals surface area (Å²) in [6.07, 6.45) is -0.0104. The summed E-state index contributed by atoms with van der Waals surface area (Å²) in [5.74, 6) is -1.36. The minimum absolute atomic E-state index is 0.0334. The van der Waals surface area contributed by atoms with Crippen LogP contribution in [0.5, 0.6) is 0 Å². The Kier molecular flexibility index (Phi) is 9.90. The van der Waals surface area contributed by atoms with Gasteiger partial charge in [0, 0.05) is 19.3 Å². The van der Waals surface area contributed by atoms with E-state index < -0.39 is 30.0 Å². The number of amides is 3. The quantitative estimate of drug-likeness (QED) is 0.467. The van der Waals surface area contributed by atoms with E-state index in [0.717, 1.165) is 11.1 Å². The molecule has 3 amide bonds. The molecule has 0 unspecified atom stereocenters. The molecular weight excluding hydrogens is 410 g/mol. The Bertz CT molecular complexity index is 902. The molecule has 8 nitrogen and oxygen atoms in total. The molecule has 2 rings (SSSR count). The van der Waals surface area contributed by atoms with Crippen molar-refractivity contribution in [2.75, 3.05) is 0 Å². The molecule has 0 aliphatic heterocycles. The van der Waals surface area contributed by atoms with Gasteiger partial charge in [-0.15, -0.1) is 0 Å². The number of ketones is 1. The minimum atomic E-state index is -1.02. The first kappa shape index (κ1) is 24.6. The Balaban J connectivity index is 2.05. The van der Waals surface area contributed by atoms with Gasteiger partial charge in [-0.25, -0.2) is 4.79 Å². The van der Waals surface area contributed by atoms with Crippen LogP contribution in [0.4, 0.5) is 4.79 Å². The number of nitrogens with two attached hydrogens (primary N) is 1. The number of benzene rings is 2. The van der Waals surface area contributed by atoms with E-state index >= 15 is 0 Å². The van der Waals surface area contributed by atoms with Gasteiger partial charge in [-0.05, 0) is 17.5 Å². The number of carbonyl (C=O) groups excluding carboxylic acids is 4. The Morgan fingerprint density at radius 2 is 1.47 bits per heavy atom. The summed E-state index contributed by atoms with van der Waals surface area (Å²) in [4.78, 5) is 48.6. The summed E-state index contributed by atoms with van der Waals surface area (Å²) in [6, 6.07) is 16.3. The van der Waals surface area contributed by atoms with Gasteiger partial charge >= 0.3 is 6.09 Å². The lowest BCUT2D eigenvalue weighted by Gasteiger charge is -2.22. The molecule has 32 heavy (non-hydrogen) atoms. The van der Waals surface area contributed by atoms with Crippen molar-refractivity contribution >= 4 is 23.7 Å². The highest BCUT2D eigenvalue weighted by Gasteiger charge is 2.26. The molecule has 8 heteroatoms. The smallest absolute Gasteiger partial charge is 0.408 e. The second-order valence-corrected chi connectivity index (χ2v) is 7.34. The van der Waals surface area contributed by atoms with Crippen molar-refractivity contribution in [2.45, 2.75) is 51.3 Å². The third-order valence-electron chi connectivity index (χ3n) is 4.87. The number of carbonyl (C=O) groups is 4. The van der Waals surface area contributed by atoms with E-state index in [-0.39, 0.29) is 31.7 Å². The van der Waals surface area contributed by atoms with E-state index in [1.807, 2.05) is 60.7 Å². The molecule has 0 radical (unpaired) electrons. The summed E-state index contributed by atoms with van der Waals surface area (Å²) >= 11 is 0. The van der Waals surface area contributed by atoms with E-state index in [2.05, 4.69) is 10.6 Å². The van der Waals surface area contributed by atoms with Crippen molar-refractivity contribution in [1.29, 1.82) is 0 Å². The van der Waals surface area contributed by atoms with E-state index in [1.165, 1.54) is 0 Å². The van der Waals surface area contributed by atoms with Crippen LogP contribution in [0.3, 0.4) is 0 Å². The molecule has 2 atom stereocenters. The molecule has 0 fully saturated rings. The number of rotatable bonds is 12. The second-order valence-electron chi connectivity index (χ2n) is 7.34. The van der Waals surface area contributed by atoms with Crippen LogP contribution >= 0.6 is 0 Å². The lowest BCUT2D eigenvalue weighted by molar-refractivity contribution is -0.129. The van der Waals surface area contributed by atoms with Gasteiger partial charge in [0.1, 0.15) is 24.5 Å². The lowest BCUT2D eigenvalue weighted by Crippen LogP contribution is -2.53. The van der Waals surface area contributed by atoms with Gasteiger partial charge in [0.15, 0.2) is 0 Å². The van der Waals surface area contributed by atoms with Gasteiger partial charge in [-0.3, -0.25) is 14.4 Å². The third-order valence-corrected chi connectivity index (χ3v) is 4.87. The highest BCUT2D eigenvalue weighted by atomic mass is 16.5. The van der Waals surface area contributed by atoms with Crippen molar-refractivity contribution < 1.29 is 23.9 Å². The average molecular weight is 440 g/mol. The Morgan fingerprint density at radius 1 is 0.875 bits per heavy atom. The van der Waals surface area contributed by atoms with E-state index in [1.54, 1.807) is 6.92 Å². The van der Waals surface area contributed by atoms with Gasteiger partial charge in [0.25, 0.3) is 0 Å². The average Bonchev–Trinajstić information content (AvgIpc) is 2.80. The van der Waals surface area contributed by atoms with E-state index in [0.29, 0.717) is 6.42 Å².